The first-order chi connectivity index (χ1) is 12.5. The van der Waals surface area contributed by atoms with Gasteiger partial charge in [0.25, 0.3) is 0 Å². The quantitative estimate of drug-likeness (QED) is 0.328. The zero-order valence-corrected chi connectivity index (χ0v) is 19.6. The largest absolute Gasteiger partial charge is 0.450 e. The molecular formula is C18H27BrFIN4O2. The summed E-state index contributed by atoms with van der Waals surface area (Å²) < 4.78 is 19.3. The van der Waals surface area contributed by atoms with Crippen molar-refractivity contribution in [3.8, 4) is 0 Å². The van der Waals surface area contributed by atoms with E-state index in [-0.39, 0.29) is 41.9 Å². The Bertz CT molecular complexity index is 640. The van der Waals surface area contributed by atoms with Gasteiger partial charge in [0.05, 0.1) is 13.2 Å². The normalized spacial score (nSPS) is 15.1. The number of carbonyl (C=O) groups is 1. The fourth-order valence-electron chi connectivity index (χ4n) is 2.76. The topological polar surface area (TPSA) is 66.0 Å². The number of hydrogen-bond acceptors (Lipinski definition) is 3. The third-order valence-corrected chi connectivity index (χ3v) is 4.89. The number of rotatable bonds is 5. The third kappa shape index (κ3) is 7.81. The predicted molar refractivity (Wildman–Crippen MR) is 119 cm³/mol. The van der Waals surface area contributed by atoms with Gasteiger partial charge in [0.1, 0.15) is 5.82 Å². The molecule has 1 heterocycles. The fraction of sp³-hybridized carbons (Fsp3) is 0.556. The molecule has 1 saturated heterocycles. The van der Waals surface area contributed by atoms with Gasteiger partial charge < -0.3 is 20.3 Å². The summed E-state index contributed by atoms with van der Waals surface area (Å²) in [5, 5.41) is 6.62. The summed E-state index contributed by atoms with van der Waals surface area (Å²) in [7, 11) is 0. The van der Waals surface area contributed by atoms with E-state index in [4.69, 9.17) is 4.74 Å². The summed E-state index contributed by atoms with van der Waals surface area (Å²) in [4.78, 5) is 18.0. The molecule has 0 aliphatic carbocycles. The molecule has 9 heteroatoms. The zero-order chi connectivity index (χ0) is 18.9. The van der Waals surface area contributed by atoms with Gasteiger partial charge in [-0.25, -0.2) is 14.2 Å². The Kier molecular flexibility index (Phi) is 11.0. The lowest BCUT2D eigenvalue weighted by Gasteiger charge is -2.32. The second-order valence-electron chi connectivity index (χ2n) is 6.04. The van der Waals surface area contributed by atoms with E-state index in [0.717, 1.165) is 29.4 Å². The smallest absolute Gasteiger partial charge is 0.409 e. The molecule has 0 radical (unpaired) electrons. The first kappa shape index (κ1) is 23.9. The van der Waals surface area contributed by atoms with Crippen LogP contribution in [0.3, 0.4) is 0 Å². The van der Waals surface area contributed by atoms with E-state index >= 15 is 0 Å². The Morgan fingerprint density at radius 2 is 2.07 bits per heavy atom. The average molecular weight is 557 g/mol. The molecule has 1 aromatic carbocycles. The SMILES string of the molecule is CCNC(=NCc1cc(F)ccc1Br)NC1CCN(C(=O)OCC)CC1.I. The summed E-state index contributed by atoms with van der Waals surface area (Å²) in [6.45, 7) is 6.62. The van der Waals surface area contributed by atoms with Crippen LogP contribution in [0.5, 0.6) is 0 Å². The average Bonchev–Trinajstić information content (AvgIpc) is 2.63. The number of nitrogens with one attached hydrogen (secondary N) is 2. The Labute approximate surface area is 185 Å². The number of piperidine rings is 1. The van der Waals surface area contributed by atoms with Gasteiger partial charge in [-0.2, -0.15) is 0 Å². The van der Waals surface area contributed by atoms with Crippen LogP contribution in [0.2, 0.25) is 0 Å². The summed E-state index contributed by atoms with van der Waals surface area (Å²) in [5.74, 6) is 0.418. The second-order valence-corrected chi connectivity index (χ2v) is 6.89. The van der Waals surface area contributed by atoms with Crippen LogP contribution < -0.4 is 10.6 Å². The molecule has 0 unspecified atom stereocenters. The summed E-state index contributed by atoms with van der Waals surface area (Å²) in [5.41, 5.74) is 0.791. The summed E-state index contributed by atoms with van der Waals surface area (Å²) in [6, 6.07) is 4.81. The van der Waals surface area contributed by atoms with E-state index in [9.17, 15) is 9.18 Å². The van der Waals surface area contributed by atoms with Gasteiger partial charge >= 0.3 is 6.09 Å². The fourth-order valence-corrected chi connectivity index (χ4v) is 3.14. The highest BCUT2D eigenvalue weighted by molar-refractivity contribution is 14.0. The number of amides is 1. The van der Waals surface area contributed by atoms with Crippen molar-refractivity contribution in [2.75, 3.05) is 26.2 Å². The van der Waals surface area contributed by atoms with Gasteiger partial charge in [-0.3, -0.25) is 0 Å². The minimum absolute atomic E-state index is 0. The van der Waals surface area contributed by atoms with E-state index in [0.29, 0.717) is 32.2 Å². The minimum Gasteiger partial charge on any atom is -0.450 e. The van der Waals surface area contributed by atoms with Crippen LogP contribution in [0.1, 0.15) is 32.3 Å². The number of halogens is 3. The molecule has 2 rings (SSSR count). The van der Waals surface area contributed by atoms with Crippen LogP contribution in [0.25, 0.3) is 0 Å². The monoisotopic (exact) mass is 556 g/mol. The van der Waals surface area contributed by atoms with Crippen LogP contribution >= 0.6 is 39.9 Å². The van der Waals surface area contributed by atoms with Crippen LogP contribution in [0.4, 0.5) is 9.18 Å². The van der Waals surface area contributed by atoms with Gasteiger partial charge in [0.15, 0.2) is 5.96 Å². The van der Waals surface area contributed by atoms with Crippen molar-refractivity contribution in [2.24, 2.45) is 4.99 Å². The molecule has 0 bridgehead atoms. The van der Waals surface area contributed by atoms with Crippen LogP contribution in [-0.4, -0.2) is 49.2 Å². The van der Waals surface area contributed by atoms with Crippen molar-refractivity contribution in [3.63, 3.8) is 0 Å². The molecule has 0 aromatic heterocycles. The van der Waals surface area contributed by atoms with Crippen molar-refractivity contribution in [1.82, 2.24) is 15.5 Å². The van der Waals surface area contributed by atoms with Crippen molar-refractivity contribution in [3.05, 3.63) is 34.1 Å². The molecule has 0 spiro atoms. The number of guanidine groups is 1. The first-order valence-corrected chi connectivity index (χ1v) is 9.73. The van der Waals surface area contributed by atoms with E-state index in [1.165, 1.54) is 12.1 Å². The highest BCUT2D eigenvalue weighted by Crippen LogP contribution is 2.18. The number of aliphatic imine (C=N–C) groups is 1. The molecule has 1 aliphatic heterocycles. The standard InChI is InChI=1S/C18H26BrFN4O2.HI/c1-3-21-17(22-12-13-11-14(20)5-6-16(13)19)23-15-7-9-24(10-8-15)18(25)26-4-2;/h5-6,11,15H,3-4,7-10,12H2,1-2H3,(H2,21,22,23);1H. The second kappa shape index (κ2) is 12.4. The Morgan fingerprint density at radius 3 is 2.70 bits per heavy atom. The molecular weight excluding hydrogens is 530 g/mol. The highest BCUT2D eigenvalue weighted by atomic mass is 127. The molecule has 27 heavy (non-hydrogen) atoms. The van der Waals surface area contributed by atoms with Crippen molar-refractivity contribution >= 4 is 52.0 Å². The van der Waals surface area contributed by atoms with Crippen molar-refractivity contribution in [1.29, 1.82) is 0 Å². The lowest BCUT2D eigenvalue weighted by Crippen LogP contribution is -2.49. The van der Waals surface area contributed by atoms with E-state index in [2.05, 4.69) is 31.6 Å². The van der Waals surface area contributed by atoms with Gasteiger partial charge in [-0.05, 0) is 50.5 Å². The van der Waals surface area contributed by atoms with Crippen LogP contribution in [0.15, 0.2) is 27.7 Å². The minimum atomic E-state index is -0.275. The maximum atomic E-state index is 13.4. The van der Waals surface area contributed by atoms with Gasteiger partial charge in [0, 0.05) is 30.1 Å². The first-order valence-electron chi connectivity index (χ1n) is 8.94. The van der Waals surface area contributed by atoms with Crippen molar-refractivity contribution in [2.45, 2.75) is 39.3 Å². The molecule has 152 valence electrons. The number of hydrogen-bond donors (Lipinski definition) is 2. The van der Waals surface area contributed by atoms with Crippen LogP contribution in [0, 0.1) is 5.82 Å². The molecule has 1 fully saturated rings. The number of nitrogens with zero attached hydrogens (tertiary/aromatic N) is 2. The van der Waals surface area contributed by atoms with Gasteiger partial charge in [-0.1, -0.05) is 15.9 Å². The molecule has 2 N–H and O–H groups in total. The van der Waals surface area contributed by atoms with Gasteiger partial charge in [-0.15, -0.1) is 24.0 Å². The Hall–Kier alpha value is -1.10. The Morgan fingerprint density at radius 1 is 1.37 bits per heavy atom. The summed E-state index contributed by atoms with van der Waals surface area (Å²) >= 11 is 3.42. The number of likely N-dealkylation sites (tertiary alicyclic amines) is 1. The van der Waals surface area contributed by atoms with Gasteiger partial charge in [0.2, 0.25) is 0 Å². The highest BCUT2D eigenvalue weighted by Gasteiger charge is 2.24. The molecule has 1 aliphatic rings. The number of benzene rings is 1. The van der Waals surface area contributed by atoms with E-state index in [1.807, 2.05) is 13.8 Å². The molecule has 1 amide bonds. The zero-order valence-electron chi connectivity index (χ0n) is 15.6. The maximum absolute atomic E-state index is 13.4. The lowest BCUT2D eigenvalue weighted by atomic mass is 10.1. The molecule has 6 nitrogen and oxygen atoms in total. The molecule has 0 atom stereocenters. The molecule has 0 saturated carbocycles. The maximum Gasteiger partial charge on any atom is 0.409 e. The third-order valence-electron chi connectivity index (χ3n) is 4.12. The summed E-state index contributed by atoms with van der Waals surface area (Å²) in [6.07, 6.45) is 1.40. The number of carbonyl (C=O) groups excluding carboxylic acids is 1. The molecule has 1 aromatic rings. The lowest BCUT2D eigenvalue weighted by molar-refractivity contribution is 0.0963. The Balaban J connectivity index is 0.00000364. The number of ether oxygens (including phenoxy) is 1. The van der Waals surface area contributed by atoms with Crippen LogP contribution in [-0.2, 0) is 11.3 Å². The van der Waals surface area contributed by atoms with E-state index < -0.39 is 0 Å². The van der Waals surface area contributed by atoms with E-state index in [1.54, 1.807) is 11.0 Å². The van der Waals surface area contributed by atoms with Crippen molar-refractivity contribution < 1.29 is 13.9 Å². The predicted octanol–water partition coefficient (Wildman–Crippen LogP) is 3.88.